The van der Waals surface area contributed by atoms with Gasteiger partial charge in [0.05, 0.1) is 17.1 Å². The molecule has 0 spiro atoms. The molecule has 0 aliphatic heterocycles. The first kappa shape index (κ1) is 14.3. The molecule has 0 aliphatic carbocycles. The van der Waals surface area contributed by atoms with Gasteiger partial charge in [-0.25, -0.2) is 8.78 Å². The summed E-state index contributed by atoms with van der Waals surface area (Å²) in [6, 6.07) is 1.21. The third kappa shape index (κ3) is 3.63. The van der Waals surface area contributed by atoms with Gasteiger partial charge in [-0.15, -0.1) is 0 Å². The van der Waals surface area contributed by atoms with Crippen molar-refractivity contribution in [2.45, 2.75) is 13.0 Å². The van der Waals surface area contributed by atoms with Gasteiger partial charge in [0.1, 0.15) is 5.69 Å². The number of nitrogens with zero attached hydrogens (tertiary/aromatic N) is 2. The van der Waals surface area contributed by atoms with E-state index in [1.807, 2.05) is 19.0 Å². The summed E-state index contributed by atoms with van der Waals surface area (Å²) >= 11 is 0. The zero-order valence-corrected chi connectivity index (χ0v) is 10.4. The summed E-state index contributed by atoms with van der Waals surface area (Å²) in [6.07, 6.45) is 0. The molecule has 0 saturated heterocycles. The number of halogens is 2. The lowest BCUT2D eigenvalue weighted by atomic mass is 10.2. The van der Waals surface area contributed by atoms with E-state index in [1.54, 1.807) is 6.92 Å². The van der Waals surface area contributed by atoms with E-state index in [1.165, 1.54) is 0 Å². The number of likely N-dealkylation sites (N-methyl/N-ethyl adjacent to an activating group) is 1. The van der Waals surface area contributed by atoms with Gasteiger partial charge in [-0.2, -0.15) is 0 Å². The minimum absolute atomic E-state index is 0.189. The molecule has 1 N–H and O–H groups in total. The molecule has 18 heavy (non-hydrogen) atoms. The normalized spacial score (nSPS) is 12.6. The van der Waals surface area contributed by atoms with Crippen LogP contribution in [-0.4, -0.2) is 36.5 Å². The average Bonchev–Trinajstić information content (AvgIpc) is 2.21. The zero-order valence-electron chi connectivity index (χ0n) is 10.4. The van der Waals surface area contributed by atoms with Crippen molar-refractivity contribution >= 4 is 11.4 Å². The van der Waals surface area contributed by atoms with Gasteiger partial charge in [0, 0.05) is 12.6 Å². The van der Waals surface area contributed by atoms with Crippen molar-refractivity contribution in [3.63, 3.8) is 0 Å². The van der Waals surface area contributed by atoms with Gasteiger partial charge in [-0.05, 0) is 21.0 Å². The largest absolute Gasteiger partial charge is 0.377 e. The van der Waals surface area contributed by atoms with E-state index in [0.717, 1.165) is 0 Å². The number of hydrogen-bond acceptors (Lipinski definition) is 4. The second-order valence-electron chi connectivity index (χ2n) is 4.35. The highest BCUT2D eigenvalue weighted by atomic mass is 19.1. The Labute approximate surface area is 104 Å². The quantitative estimate of drug-likeness (QED) is 0.650. The van der Waals surface area contributed by atoms with Crippen LogP contribution in [0.4, 0.5) is 20.2 Å². The fraction of sp³-hybridized carbons (Fsp3) is 0.455. The fourth-order valence-electron chi connectivity index (χ4n) is 1.64. The molecule has 0 aliphatic rings. The number of nitrogens with one attached hydrogen (secondary N) is 1. The van der Waals surface area contributed by atoms with E-state index in [2.05, 4.69) is 5.32 Å². The van der Waals surface area contributed by atoms with Crippen LogP contribution in [-0.2, 0) is 0 Å². The van der Waals surface area contributed by atoms with Crippen LogP contribution in [0.15, 0.2) is 12.1 Å². The summed E-state index contributed by atoms with van der Waals surface area (Å²) in [5.74, 6) is -1.93. The Morgan fingerprint density at radius 3 is 2.28 bits per heavy atom. The first-order valence-electron chi connectivity index (χ1n) is 5.36. The molecule has 0 bridgehead atoms. The predicted octanol–water partition coefficient (Wildman–Crippen LogP) is 2.24. The summed E-state index contributed by atoms with van der Waals surface area (Å²) in [7, 11) is 3.67. The molecule has 1 atom stereocenters. The molecular weight excluding hydrogens is 244 g/mol. The molecule has 0 heterocycles. The predicted molar refractivity (Wildman–Crippen MR) is 64.7 cm³/mol. The molecule has 0 aromatic heterocycles. The lowest BCUT2D eigenvalue weighted by Gasteiger charge is -2.19. The summed E-state index contributed by atoms with van der Waals surface area (Å²) in [5.41, 5.74) is -0.939. The first-order chi connectivity index (χ1) is 8.31. The molecule has 1 aromatic carbocycles. The molecule has 0 radical (unpaired) electrons. The van der Waals surface area contributed by atoms with Crippen molar-refractivity contribution < 1.29 is 13.7 Å². The summed E-state index contributed by atoms with van der Waals surface area (Å²) < 4.78 is 27.1. The van der Waals surface area contributed by atoms with E-state index in [4.69, 9.17) is 0 Å². The van der Waals surface area contributed by atoms with E-state index in [0.29, 0.717) is 18.7 Å². The fourth-order valence-corrected chi connectivity index (χ4v) is 1.64. The number of nitro groups is 1. The Morgan fingerprint density at radius 2 is 1.89 bits per heavy atom. The van der Waals surface area contributed by atoms with Crippen molar-refractivity contribution in [1.29, 1.82) is 0 Å². The maximum atomic E-state index is 13.5. The molecule has 5 nitrogen and oxygen atoms in total. The average molecular weight is 259 g/mol. The lowest BCUT2D eigenvalue weighted by Crippen LogP contribution is -2.30. The Bertz CT molecular complexity index is 429. The van der Waals surface area contributed by atoms with Crippen LogP contribution in [0.3, 0.4) is 0 Å². The smallest absolute Gasteiger partial charge is 0.275 e. The second kappa shape index (κ2) is 5.72. The topological polar surface area (TPSA) is 58.4 Å². The first-order valence-corrected chi connectivity index (χ1v) is 5.36. The second-order valence-corrected chi connectivity index (χ2v) is 4.35. The minimum Gasteiger partial charge on any atom is -0.377 e. The molecule has 1 aromatic rings. The van der Waals surface area contributed by atoms with Gasteiger partial charge in [0.2, 0.25) is 0 Å². The Kier molecular flexibility index (Phi) is 4.55. The highest BCUT2D eigenvalue weighted by Crippen LogP contribution is 2.25. The van der Waals surface area contributed by atoms with Crippen LogP contribution in [0, 0.1) is 21.7 Å². The van der Waals surface area contributed by atoms with Gasteiger partial charge in [-0.3, -0.25) is 10.1 Å². The summed E-state index contributed by atoms with van der Waals surface area (Å²) in [6.45, 7) is 2.34. The number of benzene rings is 1. The number of hydrogen-bond donors (Lipinski definition) is 1. The van der Waals surface area contributed by atoms with Crippen molar-refractivity contribution in [1.82, 2.24) is 4.90 Å². The number of anilines is 1. The van der Waals surface area contributed by atoms with Crippen molar-refractivity contribution in [2.24, 2.45) is 0 Å². The molecule has 1 rings (SSSR count). The van der Waals surface area contributed by atoms with Gasteiger partial charge in [-0.1, -0.05) is 0 Å². The standard InChI is InChI=1S/C11H15F2N3O2/c1-7(6-15(2)3)14-11-9(12)4-8(16(17)18)5-10(11)13/h4-5,7,14H,6H2,1-3H3. The highest BCUT2D eigenvalue weighted by Gasteiger charge is 2.18. The monoisotopic (exact) mass is 259 g/mol. The highest BCUT2D eigenvalue weighted by molar-refractivity contribution is 5.52. The van der Waals surface area contributed by atoms with E-state index < -0.39 is 22.2 Å². The van der Waals surface area contributed by atoms with Gasteiger partial charge >= 0.3 is 0 Å². The number of non-ortho nitro benzene ring substituents is 1. The molecule has 100 valence electrons. The number of rotatable bonds is 5. The molecular formula is C11H15F2N3O2. The Balaban J connectivity index is 2.93. The van der Waals surface area contributed by atoms with E-state index in [9.17, 15) is 18.9 Å². The molecule has 0 amide bonds. The van der Waals surface area contributed by atoms with Gasteiger partial charge < -0.3 is 10.2 Å². The lowest BCUT2D eigenvalue weighted by molar-refractivity contribution is -0.385. The third-order valence-corrected chi connectivity index (χ3v) is 2.27. The van der Waals surface area contributed by atoms with Crippen molar-refractivity contribution in [3.05, 3.63) is 33.9 Å². The van der Waals surface area contributed by atoms with Crippen LogP contribution in [0.2, 0.25) is 0 Å². The Hall–Kier alpha value is -1.76. The van der Waals surface area contributed by atoms with E-state index in [-0.39, 0.29) is 11.7 Å². The van der Waals surface area contributed by atoms with Crippen LogP contribution in [0.1, 0.15) is 6.92 Å². The molecule has 0 saturated carbocycles. The Morgan fingerprint density at radius 1 is 1.39 bits per heavy atom. The maximum absolute atomic E-state index is 13.5. The zero-order chi connectivity index (χ0) is 13.9. The summed E-state index contributed by atoms with van der Waals surface area (Å²) in [4.78, 5) is 11.5. The van der Waals surface area contributed by atoms with Crippen molar-refractivity contribution in [2.75, 3.05) is 26.0 Å². The molecule has 0 fully saturated rings. The minimum atomic E-state index is -0.965. The number of nitro benzene ring substituents is 1. The van der Waals surface area contributed by atoms with Crippen LogP contribution in [0.25, 0.3) is 0 Å². The van der Waals surface area contributed by atoms with Gasteiger partial charge in [0.15, 0.2) is 11.6 Å². The molecule has 7 heteroatoms. The SMILES string of the molecule is CC(CN(C)C)Nc1c(F)cc([N+](=O)[O-])cc1F. The third-order valence-electron chi connectivity index (χ3n) is 2.27. The van der Waals surface area contributed by atoms with Crippen LogP contribution < -0.4 is 5.32 Å². The van der Waals surface area contributed by atoms with Crippen LogP contribution in [0.5, 0.6) is 0 Å². The van der Waals surface area contributed by atoms with E-state index >= 15 is 0 Å². The molecule has 1 unspecified atom stereocenters. The van der Waals surface area contributed by atoms with Crippen molar-refractivity contribution in [3.8, 4) is 0 Å². The summed E-state index contributed by atoms with van der Waals surface area (Å²) in [5, 5.41) is 13.1. The maximum Gasteiger partial charge on any atom is 0.275 e. The van der Waals surface area contributed by atoms with Gasteiger partial charge in [0.25, 0.3) is 5.69 Å². The van der Waals surface area contributed by atoms with Crippen LogP contribution >= 0.6 is 0 Å².